The fourth-order valence-electron chi connectivity index (χ4n) is 3.71. The highest BCUT2D eigenvalue weighted by Crippen LogP contribution is 2.34. The Morgan fingerprint density at radius 3 is 2.73 bits per heavy atom. The number of hydrogen-bond acceptors (Lipinski definition) is 8. The van der Waals surface area contributed by atoms with Crippen molar-refractivity contribution in [3.63, 3.8) is 0 Å². The number of nitro groups is 1. The van der Waals surface area contributed by atoms with Crippen LogP contribution < -0.4 is 10.1 Å². The number of carbonyl (C=O) groups is 1. The number of imidazole rings is 1. The maximum atomic E-state index is 12.8. The van der Waals surface area contributed by atoms with Gasteiger partial charge in [0, 0.05) is 28.1 Å². The molecule has 2 heterocycles. The van der Waals surface area contributed by atoms with Crippen LogP contribution in [0.4, 0.5) is 10.8 Å². The van der Waals surface area contributed by atoms with E-state index in [0.29, 0.717) is 43.5 Å². The van der Waals surface area contributed by atoms with E-state index >= 15 is 0 Å². The Bertz CT molecular complexity index is 1630. The van der Waals surface area contributed by atoms with Crippen LogP contribution >= 0.6 is 34.7 Å². The van der Waals surface area contributed by atoms with Crippen molar-refractivity contribution in [2.24, 2.45) is 0 Å². The number of ether oxygens (including phenoxy) is 1. The van der Waals surface area contributed by atoms with E-state index in [1.54, 1.807) is 19.2 Å². The number of para-hydroxylation sites is 2. The Labute approximate surface area is 224 Å². The van der Waals surface area contributed by atoms with Crippen LogP contribution in [-0.4, -0.2) is 38.2 Å². The van der Waals surface area contributed by atoms with Crippen LogP contribution in [0, 0.1) is 10.1 Å². The van der Waals surface area contributed by atoms with E-state index < -0.39 is 4.92 Å². The van der Waals surface area contributed by atoms with Gasteiger partial charge in [0.05, 0.1) is 40.2 Å². The third kappa shape index (κ3) is 5.15. The number of thioether (sulfide) groups is 1. The van der Waals surface area contributed by atoms with E-state index in [4.69, 9.17) is 16.3 Å². The number of fused-ring (bicyclic) bond motifs is 1. The number of amides is 1. The summed E-state index contributed by atoms with van der Waals surface area (Å²) < 4.78 is 7.35. The largest absolute Gasteiger partial charge is 0.495 e. The lowest BCUT2D eigenvalue weighted by Crippen LogP contribution is -2.14. The lowest BCUT2D eigenvalue weighted by Gasteiger charge is -2.12. The zero-order valence-electron chi connectivity index (χ0n) is 19.3. The second-order valence-corrected chi connectivity index (χ2v) is 9.89. The average molecular weight is 552 g/mol. The Morgan fingerprint density at radius 2 is 1.95 bits per heavy atom. The number of nitrogens with one attached hydrogen (secondary N) is 1. The van der Waals surface area contributed by atoms with Crippen molar-refractivity contribution in [2.75, 3.05) is 18.2 Å². The van der Waals surface area contributed by atoms with Gasteiger partial charge in [0.1, 0.15) is 5.75 Å². The summed E-state index contributed by atoms with van der Waals surface area (Å²) in [6.07, 6.45) is 0. The lowest BCUT2D eigenvalue weighted by molar-refractivity contribution is -0.384. The number of anilines is 1. The summed E-state index contributed by atoms with van der Waals surface area (Å²) >= 11 is 8.77. The van der Waals surface area contributed by atoms with Gasteiger partial charge < -0.3 is 10.1 Å². The predicted octanol–water partition coefficient (Wildman–Crippen LogP) is 6.45. The van der Waals surface area contributed by atoms with Crippen molar-refractivity contribution in [1.82, 2.24) is 14.5 Å². The molecule has 1 N–H and O–H groups in total. The van der Waals surface area contributed by atoms with Gasteiger partial charge in [-0.2, -0.15) is 0 Å². The van der Waals surface area contributed by atoms with E-state index in [9.17, 15) is 14.9 Å². The molecule has 2 aromatic heterocycles. The lowest BCUT2D eigenvalue weighted by atomic mass is 10.2. The smallest absolute Gasteiger partial charge is 0.271 e. The molecule has 0 spiro atoms. The minimum absolute atomic E-state index is 0.0432. The Morgan fingerprint density at radius 1 is 1.16 bits per heavy atom. The third-order valence-corrected chi connectivity index (χ3v) is 7.40. The summed E-state index contributed by atoms with van der Waals surface area (Å²) in [5, 5.41) is 17.5. The molecule has 0 radical (unpaired) electrons. The van der Waals surface area contributed by atoms with E-state index in [1.165, 1.54) is 35.2 Å². The van der Waals surface area contributed by atoms with Gasteiger partial charge in [-0.1, -0.05) is 53.7 Å². The first-order valence-electron chi connectivity index (χ1n) is 10.9. The first-order chi connectivity index (χ1) is 17.9. The van der Waals surface area contributed by atoms with Crippen molar-refractivity contribution in [3.05, 3.63) is 87.2 Å². The van der Waals surface area contributed by atoms with Gasteiger partial charge >= 0.3 is 0 Å². The Hall–Kier alpha value is -3.93. The monoisotopic (exact) mass is 551 g/mol. The van der Waals surface area contributed by atoms with E-state index in [-0.39, 0.29) is 17.3 Å². The van der Waals surface area contributed by atoms with Gasteiger partial charge in [0.15, 0.2) is 10.3 Å². The third-order valence-electron chi connectivity index (χ3n) is 5.38. The molecule has 0 aliphatic heterocycles. The number of carbonyl (C=O) groups excluding carboxylic acids is 1. The fourth-order valence-corrected chi connectivity index (χ4v) is 5.49. The second kappa shape index (κ2) is 10.6. The van der Waals surface area contributed by atoms with Crippen molar-refractivity contribution in [2.45, 2.75) is 5.16 Å². The number of halogens is 1. The molecular weight excluding hydrogens is 534 g/mol. The number of nitro benzene ring substituents is 1. The van der Waals surface area contributed by atoms with Crippen LogP contribution in [0.5, 0.6) is 5.75 Å². The molecule has 3 aromatic carbocycles. The molecule has 5 rings (SSSR count). The topological polar surface area (TPSA) is 112 Å². The maximum absolute atomic E-state index is 12.8. The summed E-state index contributed by atoms with van der Waals surface area (Å²) in [6, 6.07) is 19.2. The zero-order chi connectivity index (χ0) is 25.9. The van der Waals surface area contributed by atoms with Gasteiger partial charge in [-0.05, 0) is 24.3 Å². The van der Waals surface area contributed by atoms with E-state index in [1.807, 2.05) is 52.4 Å². The Balaban J connectivity index is 1.40. The summed E-state index contributed by atoms with van der Waals surface area (Å²) in [5.74, 6) is 0.373. The van der Waals surface area contributed by atoms with Crippen LogP contribution in [0.2, 0.25) is 5.02 Å². The first-order valence-corrected chi connectivity index (χ1v) is 13.1. The number of hydrogen-bond donors (Lipinski definition) is 1. The summed E-state index contributed by atoms with van der Waals surface area (Å²) in [4.78, 5) is 32.7. The SMILES string of the molecule is COc1ccccc1-n1c(SCC(=O)Nc2nc(-c3ccccc3Cl)cs2)nc2cc([N+](=O)[O-])ccc21. The van der Waals surface area contributed by atoms with Crippen molar-refractivity contribution in [1.29, 1.82) is 0 Å². The minimum atomic E-state index is -0.466. The second-order valence-electron chi connectivity index (χ2n) is 7.69. The molecule has 0 fully saturated rings. The number of rotatable bonds is 8. The molecule has 0 unspecified atom stereocenters. The quantitative estimate of drug-likeness (QED) is 0.134. The summed E-state index contributed by atoms with van der Waals surface area (Å²) in [5.41, 5.74) is 3.20. The molecule has 12 heteroatoms. The van der Waals surface area contributed by atoms with Crippen LogP contribution in [0.3, 0.4) is 0 Å². The summed E-state index contributed by atoms with van der Waals surface area (Å²) in [6.45, 7) is 0. The van der Waals surface area contributed by atoms with Crippen LogP contribution in [0.15, 0.2) is 77.3 Å². The number of aromatic nitrogens is 3. The van der Waals surface area contributed by atoms with Gasteiger partial charge in [-0.15, -0.1) is 11.3 Å². The molecule has 0 saturated heterocycles. The number of thiazole rings is 1. The highest BCUT2D eigenvalue weighted by molar-refractivity contribution is 7.99. The molecule has 0 bridgehead atoms. The number of methoxy groups -OCH3 is 1. The molecule has 1 amide bonds. The number of nitrogens with zero attached hydrogens (tertiary/aromatic N) is 4. The minimum Gasteiger partial charge on any atom is -0.495 e. The predicted molar refractivity (Wildman–Crippen MR) is 146 cm³/mol. The normalized spacial score (nSPS) is 11.0. The van der Waals surface area contributed by atoms with Crippen molar-refractivity contribution < 1.29 is 14.5 Å². The molecule has 186 valence electrons. The molecule has 37 heavy (non-hydrogen) atoms. The first kappa shape index (κ1) is 24.8. The molecule has 0 atom stereocenters. The van der Waals surface area contributed by atoms with Crippen LogP contribution in [-0.2, 0) is 4.79 Å². The summed E-state index contributed by atoms with van der Waals surface area (Å²) in [7, 11) is 1.56. The van der Waals surface area contributed by atoms with Crippen LogP contribution in [0.1, 0.15) is 0 Å². The standard InChI is InChI=1S/C25H18ClN5O4S2/c1-35-22-9-5-4-8-21(22)30-20-11-10-15(31(33)34)12-18(20)28-25(30)37-14-23(32)29-24-27-19(13-36-24)16-6-2-3-7-17(16)26/h2-13H,14H2,1H3,(H,27,29,32). The molecule has 0 saturated carbocycles. The highest BCUT2D eigenvalue weighted by atomic mass is 35.5. The average Bonchev–Trinajstić information content (AvgIpc) is 3.51. The Kier molecular flexibility index (Phi) is 7.08. The van der Waals surface area contributed by atoms with Gasteiger partial charge in [-0.25, -0.2) is 9.97 Å². The van der Waals surface area contributed by atoms with Gasteiger partial charge in [0.2, 0.25) is 5.91 Å². The van der Waals surface area contributed by atoms with E-state index in [0.717, 1.165) is 5.56 Å². The molecule has 5 aromatic rings. The number of non-ortho nitro benzene ring substituents is 1. The van der Waals surface area contributed by atoms with Gasteiger partial charge in [0.25, 0.3) is 5.69 Å². The number of benzene rings is 3. The highest BCUT2D eigenvalue weighted by Gasteiger charge is 2.20. The van der Waals surface area contributed by atoms with Crippen LogP contribution in [0.25, 0.3) is 28.0 Å². The van der Waals surface area contributed by atoms with Crippen molar-refractivity contribution >= 4 is 62.5 Å². The molecule has 0 aliphatic rings. The molecular formula is C25H18ClN5O4S2. The fraction of sp³-hybridized carbons (Fsp3) is 0.0800. The van der Waals surface area contributed by atoms with Crippen molar-refractivity contribution in [3.8, 4) is 22.7 Å². The zero-order valence-corrected chi connectivity index (χ0v) is 21.6. The van der Waals surface area contributed by atoms with E-state index in [2.05, 4.69) is 15.3 Å². The van der Waals surface area contributed by atoms with Gasteiger partial charge in [-0.3, -0.25) is 19.5 Å². The molecule has 9 nitrogen and oxygen atoms in total. The molecule has 0 aliphatic carbocycles. The maximum Gasteiger partial charge on any atom is 0.271 e.